The molecule has 0 amide bonds. The van der Waals surface area contributed by atoms with E-state index in [0.717, 1.165) is 23.5 Å². The molecule has 0 atom stereocenters. The molecule has 0 saturated heterocycles. The van der Waals surface area contributed by atoms with Crippen LogP contribution in [0.25, 0.3) is 0 Å². The average molecular weight is 293 g/mol. The van der Waals surface area contributed by atoms with Crippen LogP contribution in [-0.4, -0.2) is 28.2 Å². The minimum absolute atomic E-state index is 0.215. The van der Waals surface area contributed by atoms with E-state index in [1.807, 2.05) is 6.07 Å². The fourth-order valence-corrected chi connectivity index (χ4v) is 2.52. The van der Waals surface area contributed by atoms with Crippen molar-refractivity contribution in [3.05, 3.63) is 47.9 Å². The Morgan fingerprint density at radius 2 is 2.05 bits per heavy atom. The summed E-state index contributed by atoms with van der Waals surface area (Å²) in [6.45, 7) is 3.65. The van der Waals surface area contributed by atoms with Crippen molar-refractivity contribution in [2.24, 2.45) is 0 Å². The van der Waals surface area contributed by atoms with E-state index in [1.54, 1.807) is 37.4 Å². The molecule has 106 valence electrons. The lowest BCUT2D eigenvalue weighted by atomic mass is 10.2. The molecule has 0 N–H and O–H groups in total. The molecule has 0 saturated carbocycles. The molecule has 1 heterocycles. The fourth-order valence-electron chi connectivity index (χ4n) is 1.63. The Labute approximate surface area is 122 Å². The monoisotopic (exact) mass is 293 g/mol. The number of ether oxygens (including phenoxy) is 1. The van der Waals surface area contributed by atoms with Gasteiger partial charge >= 0.3 is 0 Å². The maximum absolute atomic E-state index is 12.9. The first-order valence-corrected chi connectivity index (χ1v) is 7.02. The summed E-state index contributed by atoms with van der Waals surface area (Å²) in [5.41, 5.74) is 1.06. The van der Waals surface area contributed by atoms with Crippen LogP contribution in [0.4, 0.5) is 4.39 Å². The van der Waals surface area contributed by atoms with Crippen LogP contribution in [0.2, 0.25) is 0 Å². The smallest absolute Gasteiger partial charge is 0.234 e. The van der Waals surface area contributed by atoms with Crippen LogP contribution in [0.15, 0.2) is 41.4 Å². The summed E-state index contributed by atoms with van der Waals surface area (Å²) in [5, 5.41) is 7.73. The van der Waals surface area contributed by atoms with Gasteiger partial charge in [0, 0.05) is 24.1 Å². The van der Waals surface area contributed by atoms with Crippen molar-refractivity contribution in [1.29, 1.82) is 0 Å². The van der Waals surface area contributed by atoms with Gasteiger partial charge in [-0.1, -0.05) is 19.1 Å². The number of nitrogens with zero attached hydrogens (tertiary/aromatic N) is 3. The first-order chi connectivity index (χ1) is 9.71. The molecule has 0 bridgehead atoms. The number of aromatic nitrogens is 2. The summed E-state index contributed by atoms with van der Waals surface area (Å²) in [7, 11) is 1.56. The minimum Gasteiger partial charge on any atom is -0.480 e. The van der Waals surface area contributed by atoms with Gasteiger partial charge in [-0.15, -0.1) is 5.10 Å². The van der Waals surface area contributed by atoms with E-state index in [-0.39, 0.29) is 5.82 Å². The van der Waals surface area contributed by atoms with Crippen molar-refractivity contribution in [2.75, 3.05) is 13.7 Å². The van der Waals surface area contributed by atoms with E-state index in [2.05, 4.69) is 21.4 Å². The molecule has 0 aliphatic carbocycles. The van der Waals surface area contributed by atoms with Crippen LogP contribution >= 0.6 is 11.9 Å². The third-order valence-electron chi connectivity index (χ3n) is 2.68. The number of hydrogen-bond acceptors (Lipinski definition) is 5. The summed E-state index contributed by atoms with van der Waals surface area (Å²) in [6.07, 6.45) is 1.69. The highest BCUT2D eigenvalue weighted by Gasteiger charge is 2.08. The first kappa shape index (κ1) is 14.7. The van der Waals surface area contributed by atoms with Crippen LogP contribution in [0.1, 0.15) is 12.5 Å². The Morgan fingerprint density at radius 3 is 2.70 bits per heavy atom. The van der Waals surface area contributed by atoms with Gasteiger partial charge in [-0.3, -0.25) is 0 Å². The fraction of sp³-hybridized carbons (Fsp3) is 0.286. The topological polar surface area (TPSA) is 38.2 Å². The molecule has 1 aromatic heterocycles. The Kier molecular flexibility index (Phi) is 5.31. The number of halogens is 1. The first-order valence-electron chi connectivity index (χ1n) is 6.25. The van der Waals surface area contributed by atoms with Gasteiger partial charge in [-0.2, -0.15) is 5.10 Å². The molecule has 6 heteroatoms. The summed E-state index contributed by atoms with van der Waals surface area (Å²) in [4.78, 5) is 0.959. The largest absolute Gasteiger partial charge is 0.480 e. The second kappa shape index (κ2) is 7.21. The molecular formula is C14H16FN3OS. The van der Waals surface area contributed by atoms with Gasteiger partial charge in [0.15, 0.2) is 0 Å². The Morgan fingerprint density at radius 1 is 1.30 bits per heavy atom. The molecule has 0 aliphatic rings. The molecule has 1 aromatic carbocycles. The normalized spacial score (nSPS) is 10.8. The number of hydrogen-bond donors (Lipinski definition) is 0. The van der Waals surface area contributed by atoms with E-state index in [0.29, 0.717) is 5.88 Å². The van der Waals surface area contributed by atoms with Gasteiger partial charge in [0.05, 0.1) is 13.3 Å². The van der Waals surface area contributed by atoms with Gasteiger partial charge in [-0.05, 0) is 29.6 Å². The quantitative estimate of drug-likeness (QED) is 0.765. The maximum atomic E-state index is 12.9. The highest BCUT2D eigenvalue weighted by atomic mass is 32.2. The van der Waals surface area contributed by atoms with Crippen molar-refractivity contribution in [2.45, 2.75) is 18.4 Å². The van der Waals surface area contributed by atoms with Crippen LogP contribution in [0.5, 0.6) is 5.88 Å². The third kappa shape index (κ3) is 4.18. The Bertz CT molecular complexity index is 550. The van der Waals surface area contributed by atoms with E-state index in [1.165, 1.54) is 12.1 Å². The predicted molar refractivity (Wildman–Crippen MR) is 76.9 cm³/mol. The summed E-state index contributed by atoms with van der Waals surface area (Å²) < 4.78 is 20.1. The molecule has 0 aliphatic heterocycles. The molecule has 0 unspecified atom stereocenters. The zero-order valence-corrected chi connectivity index (χ0v) is 12.2. The van der Waals surface area contributed by atoms with Gasteiger partial charge in [-0.25, -0.2) is 8.70 Å². The highest BCUT2D eigenvalue weighted by Crippen LogP contribution is 2.25. The average Bonchev–Trinajstić information content (AvgIpc) is 2.49. The van der Waals surface area contributed by atoms with E-state index < -0.39 is 0 Å². The lowest BCUT2D eigenvalue weighted by Crippen LogP contribution is -2.14. The Balaban J connectivity index is 2.02. The van der Waals surface area contributed by atoms with Gasteiger partial charge in [0.2, 0.25) is 5.88 Å². The maximum Gasteiger partial charge on any atom is 0.234 e. The molecule has 0 spiro atoms. The van der Waals surface area contributed by atoms with Gasteiger partial charge in [0.1, 0.15) is 5.82 Å². The van der Waals surface area contributed by atoms with Crippen LogP contribution in [-0.2, 0) is 6.54 Å². The molecule has 4 nitrogen and oxygen atoms in total. The number of rotatable bonds is 6. The zero-order valence-electron chi connectivity index (χ0n) is 11.4. The zero-order chi connectivity index (χ0) is 14.4. The van der Waals surface area contributed by atoms with Gasteiger partial charge < -0.3 is 4.74 Å². The SMILES string of the molecule is CCN(Cc1ccc(F)cc1)Sc1cnnc(OC)c1. The molecular weight excluding hydrogens is 277 g/mol. The number of benzene rings is 1. The van der Waals surface area contributed by atoms with Crippen molar-refractivity contribution in [3.8, 4) is 5.88 Å². The second-order valence-electron chi connectivity index (χ2n) is 4.11. The third-order valence-corrected chi connectivity index (χ3v) is 3.76. The van der Waals surface area contributed by atoms with Crippen molar-refractivity contribution in [1.82, 2.24) is 14.5 Å². The summed E-state index contributed by atoms with van der Waals surface area (Å²) in [6, 6.07) is 8.38. The molecule has 20 heavy (non-hydrogen) atoms. The van der Waals surface area contributed by atoms with Crippen LogP contribution < -0.4 is 4.74 Å². The summed E-state index contributed by atoms with van der Waals surface area (Å²) >= 11 is 1.57. The Hall–Kier alpha value is -1.66. The molecule has 2 rings (SSSR count). The molecule has 2 aromatic rings. The second-order valence-corrected chi connectivity index (χ2v) is 5.28. The van der Waals surface area contributed by atoms with Crippen molar-refractivity contribution >= 4 is 11.9 Å². The van der Waals surface area contributed by atoms with Crippen LogP contribution in [0.3, 0.4) is 0 Å². The van der Waals surface area contributed by atoms with E-state index in [9.17, 15) is 4.39 Å². The van der Waals surface area contributed by atoms with E-state index >= 15 is 0 Å². The van der Waals surface area contributed by atoms with Crippen molar-refractivity contribution in [3.63, 3.8) is 0 Å². The lowest BCUT2D eigenvalue weighted by Gasteiger charge is -2.19. The standard InChI is InChI=1S/C14H16FN3OS/c1-3-18(10-11-4-6-12(15)7-5-11)20-13-8-14(19-2)17-16-9-13/h4-9H,3,10H2,1-2H3. The van der Waals surface area contributed by atoms with Crippen molar-refractivity contribution < 1.29 is 9.13 Å². The molecule has 0 fully saturated rings. The van der Waals surface area contributed by atoms with E-state index in [4.69, 9.17) is 4.74 Å². The highest BCUT2D eigenvalue weighted by molar-refractivity contribution is 7.97. The lowest BCUT2D eigenvalue weighted by molar-refractivity contribution is 0.390. The van der Waals surface area contributed by atoms with Crippen LogP contribution in [0, 0.1) is 5.82 Å². The minimum atomic E-state index is -0.215. The number of methoxy groups -OCH3 is 1. The van der Waals surface area contributed by atoms with Gasteiger partial charge in [0.25, 0.3) is 0 Å². The molecule has 0 radical (unpaired) electrons. The predicted octanol–water partition coefficient (Wildman–Crippen LogP) is 3.15. The summed E-state index contributed by atoms with van der Waals surface area (Å²) in [5.74, 6) is 0.278.